The average molecular weight is 326 g/mol. The first-order chi connectivity index (χ1) is 8.66. The smallest absolute Gasteiger partial charge is 0.200 e. The summed E-state index contributed by atoms with van der Waals surface area (Å²) in [5.74, 6) is 0.572. The Morgan fingerprint density at radius 1 is 1.11 bits per heavy atom. The van der Waals surface area contributed by atoms with Crippen LogP contribution < -0.4 is 4.74 Å². The molecule has 2 aromatic rings. The molecule has 0 aliphatic rings. The molecule has 0 saturated carbocycles. The largest absolute Gasteiger partial charge is 0.484 e. The molecule has 0 unspecified atom stereocenters. The summed E-state index contributed by atoms with van der Waals surface area (Å²) >= 11 is 9.12. The van der Waals surface area contributed by atoms with Crippen LogP contribution in [0.25, 0.3) is 0 Å². The Bertz CT molecular complexity index is 552. The Hall–Kier alpha value is -1.32. The highest BCUT2D eigenvalue weighted by atomic mass is 79.9. The molecule has 0 heterocycles. The van der Waals surface area contributed by atoms with E-state index in [0.717, 1.165) is 4.47 Å². The molecule has 2 rings (SSSR count). The summed E-state index contributed by atoms with van der Waals surface area (Å²) in [6.07, 6.45) is 0. The molecule has 2 nitrogen and oxygen atoms in total. The zero-order valence-electron chi connectivity index (χ0n) is 9.40. The summed E-state index contributed by atoms with van der Waals surface area (Å²) in [6, 6.07) is 14.2. The van der Waals surface area contributed by atoms with Crippen molar-refractivity contribution in [2.75, 3.05) is 6.61 Å². The number of para-hydroxylation sites is 1. The summed E-state index contributed by atoms with van der Waals surface area (Å²) in [5, 5.41) is 0.610. The van der Waals surface area contributed by atoms with Gasteiger partial charge in [-0.25, -0.2) is 0 Å². The zero-order chi connectivity index (χ0) is 13.0. The number of halogens is 2. The van der Waals surface area contributed by atoms with E-state index in [1.54, 1.807) is 30.3 Å². The minimum atomic E-state index is -0.0811. The van der Waals surface area contributed by atoms with Crippen molar-refractivity contribution in [1.29, 1.82) is 0 Å². The Morgan fingerprint density at radius 3 is 2.44 bits per heavy atom. The van der Waals surface area contributed by atoms with Crippen molar-refractivity contribution >= 4 is 33.3 Å². The number of carbonyl (C=O) groups is 1. The molecule has 0 amide bonds. The van der Waals surface area contributed by atoms with Gasteiger partial charge in [-0.3, -0.25) is 4.79 Å². The fourth-order valence-electron chi connectivity index (χ4n) is 1.42. The van der Waals surface area contributed by atoms with Crippen LogP contribution in [0.5, 0.6) is 5.75 Å². The predicted octanol–water partition coefficient (Wildman–Crippen LogP) is 4.36. The monoisotopic (exact) mass is 324 g/mol. The third-order valence-corrected chi connectivity index (χ3v) is 3.27. The summed E-state index contributed by atoms with van der Waals surface area (Å²) in [6.45, 7) is 0.00421. The van der Waals surface area contributed by atoms with Gasteiger partial charge in [-0.15, -0.1) is 0 Å². The van der Waals surface area contributed by atoms with Gasteiger partial charge in [0.2, 0.25) is 0 Å². The van der Waals surface area contributed by atoms with Crippen LogP contribution in [0.15, 0.2) is 53.0 Å². The third-order valence-electron chi connectivity index (χ3n) is 2.36. The molecule has 0 saturated heterocycles. The summed E-state index contributed by atoms with van der Waals surface area (Å²) < 4.78 is 6.28. The normalized spacial score (nSPS) is 10.1. The van der Waals surface area contributed by atoms with E-state index >= 15 is 0 Å². The second-order valence-electron chi connectivity index (χ2n) is 3.65. The highest BCUT2D eigenvalue weighted by Crippen LogP contribution is 2.23. The van der Waals surface area contributed by atoms with Gasteiger partial charge in [-0.2, -0.15) is 0 Å². The van der Waals surface area contributed by atoms with Gasteiger partial charge in [0.1, 0.15) is 5.75 Å². The third kappa shape index (κ3) is 3.34. The van der Waals surface area contributed by atoms with E-state index in [0.29, 0.717) is 16.3 Å². The molecule has 0 aromatic heterocycles. The van der Waals surface area contributed by atoms with E-state index in [-0.39, 0.29) is 12.4 Å². The lowest BCUT2D eigenvalue weighted by molar-refractivity contribution is 0.0921. The fraction of sp³-hybridized carbons (Fsp3) is 0.0714. The minimum Gasteiger partial charge on any atom is -0.484 e. The topological polar surface area (TPSA) is 26.3 Å². The van der Waals surface area contributed by atoms with Gasteiger partial charge in [-0.05, 0) is 52.3 Å². The zero-order valence-corrected chi connectivity index (χ0v) is 11.7. The van der Waals surface area contributed by atoms with Crippen LogP contribution in [-0.2, 0) is 0 Å². The quantitative estimate of drug-likeness (QED) is 0.781. The SMILES string of the molecule is O=C(COc1ccccc1Br)c1ccc(Cl)cc1. The lowest BCUT2D eigenvalue weighted by Crippen LogP contribution is -2.11. The van der Waals surface area contributed by atoms with E-state index in [1.165, 1.54) is 0 Å². The van der Waals surface area contributed by atoms with Crippen LogP contribution in [-0.4, -0.2) is 12.4 Å². The Balaban J connectivity index is 2.01. The second kappa shape index (κ2) is 6.03. The number of benzene rings is 2. The molecule has 0 spiro atoms. The highest BCUT2D eigenvalue weighted by molar-refractivity contribution is 9.10. The minimum absolute atomic E-state index is 0.00421. The molecular weight excluding hydrogens is 316 g/mol. The van der Waals surface area contributed by atoms with E-state index < -0.39 is 0 Å². The van der Waals surface area contributed by atoms with Crippen LogP contribution >= 0.6 is 27.5 Å². The van der Waals surface area contributed by atoms with E-state index in [2.05, 4.69) is 15.9 Å². The fourth-order valence-corrected chi connectivity index (χ4v) is 1.95. The van der Waals surface area contributed by atoms with Crippen molar-refractivity contribution in [2.24, 2.45) is 0 Å². The van der Waals surface area contributed by atoms with Crippen molar-refractivity contribution in [3.63, 3.8) is 0 Å². The van der Waals surface area contributed by atoms with Gasteiger partial charge in [0, 0.05) is 10.6 Å². The standard InChI is InChI=1S/C14H10BrClO2/c15-12-3-1-2-4-14(12)18-9-13(17)10-5-7-11(16)8-6-10/h1-8H,9H2. The van der Waals surface area contributed by atoms with Crippen LogP contribution in [0, 0.1) is 0 Å². The Morgan fingerprint density at radius 2 is 1.78 bits per heavy atom. The Labute approximate surface area is 119 Å². The number of Topliss-reactive ketones (excluding diaryl/α,β-unsaturated/α-hetero) is 1. The van der Waals surface area contributed by atoms with Gasteiger partial charge in [0.05, 0.1) is 4.47 Å². The Kier molecular flexibility index (Phi) is 4.39. The van der Waals surface area contributed by atoms with E-state index in [9.17, 15) is 4.79 Å². The molecule has 18 heavy (non-hydrogen) atoms. The van der Waals surface area contributed by atoms with Crippen molar-refractivity contribution in [3.8, 4) is 5.75 Å². The molecule has 0 bridgehead atoms. The van der Waals surface area contributed by atoms with E-state index in [4.69, 9.17) is 16.3 Å². The molecule has 92 valence electrons. The van der Waals surface area contributed by atoms with Gasteiger partial charge >= 0.3 is 0 Å². The van der Waals surface area contributed by atoms with Gasteiger partial charge in [0.25, 0.3) is 0 Å². The van der Waals surface area contributed by atoms with Crippen LogP contribution in [0.2, 0.25) is 5.02 Å². The predicted molar refractivity (Wildman–Crippen MR) is 75.4 cm³/mol. The molecule has 0 atom stereocenters. The van der Waals surface area contributed by atoms with Gasteiger partial charge < -0.3 is 4.74 Å². The van der Waals surface area contributed by atoms with Crippen molar-refractivity contribution in [1.82, 2.24) is 0 Å². The highest BCUT2D eigenvalue weighted by Gasteiger charge is 2.07. The first kappa shape index (κ1) is 13.1. The average Bonchev–Trinajstić information content (AvgIpc) is 2.38. The number of hydrogen-bond acceptors (Lipinski definition) is 2. The number of rotatable bonds is 4. The van der Waals surface area contributed by atoms with Crippen LogP contribution in [0.4, 0.5) is 0 Å². The second-order valence-corrected chi connectivity index (χ2v) is 4.94. The van der Waals surface area contributed by atoms with Crippen LogP contribution in [0.1, 0.15) is 10.4 Å². The maximum absolute atomic E-state index is 11.9. The van der Waals surface area contributed by atoms with E-state index in [1.807, 2.05) is 18.2 Å². The lowest BCUT2D eigenvalue weighted by atomic mass is 10.1. The number of hydrogen-bond donors (Lipinski definition) is 0. The van der Waals surface area contributed by atoms with Crippen molar-refractivity contribution in [3.05, 3.63) is 63.6 Å². The molecule has 2 aromatic carbocycles. The lowest BCUT2D eigenvalue weighted by Gasteiger charge is -2.07. The maximum Gasteiger partial charge on any atom is 0.200 e. The van der Waals surface area contributed by atoms with Crippen molar-refractivity contribution in [2.45, 2.75) is 0 Å². The summed E-state index contributed by atoms with van der Waals surface area (Å²) in [5.41, 5.74) is 0.589. The molecule has 0 N–H and O–H groups in total. The number of ketones is 1. The first-order valence-electron chi connectivity index (χ1n) is 5.33. The summed E-state index contributed by atoms with van der Waals surface area (Å²) in [4.78, 5) is 11.9. The molecule has 0 aliphatic carbocycles. The number of ether oxygens (including phenoxy) is 1. The van der Waals surface area contributed by atoms with Gasteiger partial charge in [0.15, 0.2) is 12.4 Å². The molecular formula is C14H10BrClO2. The van der Waals surface area contributed by atoms with Crippen LogP contribution in [0.3, 0.4) is 0 Å². The first-order valence-corrected chi connectivity index (χ1v) is 6.50. The molecule has 0 radical (unpaired) electrons. The molecule has 4 heteroatoms. The molecule has 0 aliphatic heterocycles. The maximum atomic E-state index is 11.9. The number of carbonyl (C=O) groups excluding carboxylic acids is 1. The van der Waals surface area contributed by atoms with Gasteiger partial charge in [-0.1, -0.05) is 23.7 Å². The van der Waals surface area contributed by atoms with Crippen molar-refractivity contribution < 1.29 is 9.53 Å². The summed E-state index contributed by atoms with van der Waals surface area (Å²) in [7, 11) is 0. The molecule has 0 fully saturated rings.